The Morgan fingerprint density at radius 1 is 0.374 bits per heavy atom. The monoisotopic (exact) mass is 1360 g/mol. The number of rotatable bonds is 8. The summed E-state index contributed by atoms with van der Waals surface area (Å²) >= 11 is 7.47. The zero-order valence-corrected chi connectivity index (χ0v) is 57.1. The van der Waals surface area contributed by atoms with Gasteiger partial charge in [0.05, 0.1) is 15.7 Å². The molecule has 5 heterocycles. The van der Waals surface area contributed by atoms with Crippen molar-refractivity contribution in [2.24, 2.45) is 0 Å². The molecule has 99 heavy (non-hydrogen) atoms. The standard InChI is InChI=1S/C84H46N8O2S5/c1-43-13-22-51(23-14-43)83(52-24-15-44(2)16-25-52)65-32-47(77-91-81-79(98-77)89-71(96-81)36-63-73(49(39-85)40-86)56-9-5-7-11-58(56)75(63)93)21-30-55(65)61-34-67-62(35-66(61)83)60-31-48-33-70(95-69(48)38-68(60)84(67,53-26-17-45(3)18-27-53)54-28-19-46(4)20-29-54)78-92-82-80(99-78)90-72(97-82)37-64-74(50(41-87)42-88)57-10-6-8-12-59(57)76(64)94/h5-38H,1-4H3/b63-36-,64-37-. The van der Waals surface area contributed by atoms with Crippen molar-refractivity contribution < 1.29 is 9.59 Å². The number of Topliss-reactive ketones (excluding diaryl/α,β-unsaturated/α-hetero) is 2. The number of nitriles is 4. The molecule has 0 radical (unpaired) electrons. The van der Waals surface area contributed by atoms with Crippen LogP contribution in [0.1, 0.15) is 109 Å². The highest BCUT2D eigenvalue weighted by Crippen LogP contribution is 2.64. The molecule has 9 aromatic carbocycles. The van der Waals surface area contributed by atoms with E-state index in [0.717, 1.165) is 101 Å². The molecule has 0 spiro atoms. The van der Waals surface area contributed by atoms with Crippen LogP contribution in [0.15, 0.2) is 216 Å². The number of ketones is 2. The van der Waals surface area contributed by atoms with E-state index in [2.05, 4.69) is 173 Å². The summed E-state index contributed by atoms with van der Waals surface area (Å²) in [5, 5.41) is 43.9. The highest BCUT2D eigenvalue weighted by atomic mass is 32.1. The number of allylic oxidation sites excluding steroid dienone is 6. The van der Waals surface area contributed by atoms with E-state index in [1.54, 1.807) is 72.0 Å². The molecule has 18 rings (SSSR count). The van der Waals surface area contributed by atoms with E-state index < -0.39 is 10.8 Å². The lowest BCUT2D eigenvalue weighted by Gasteiger charge is -2.36. The Morgan fingerprint density at radius 2 is 0.758 bits per heavy atom. The number of fused-ring (bicyclic) bond motifs is 11. The molecule has 5 aromatic heterocycles. The molecular formula is C84H46N8O2S5. The first-order valence-corrected chi connectivity index (χ1v) is 35.9. The first kappa shape index (κ1) is 59.7. The van der Waals surface area contributed by atoms with E-state index in [-0.39, 0.29) is 33.9 Å². The highest BCUT2D eigenvalue weighted by Gasteiger charge is 2.52. The molecule has 0 bridgehead atoms. The van der Waals surface area contributed by atoms with Gasteiger partial charge in [-0.05, 0) is 160 Å². The van der Waals surface area contributed by atoms with Crippen LogP contribution in [-0.4, -0.2) is 31.5 Å². The van der Waals surface area contributed by atoms with E-state index in [0.29, 0.717) is 53.1 Å². The highest BCUT2D eigenvalue weighted by molar-refractivity contribution is 7.31. The van der Waals surface area contributed by atoms with Gasteiger partial charge in [-0.25, -0.2) is 19.9 Å². The number of aryl methyl sites for hydroxylation is 4. The Labute approximate surface area is 588 Å². The lowest BCUT2D eigenvalue weighted by Crippen LogP contribution is -2.30. The van der Waals surface area contributed by atoms with Gasteiger partial charge < -0.3 is 0 Å². The summed E-state index contributed by atoms with van der Waals surface area (Å²) in [4.78, 5) is 52.2. The second kappa shape index (κ2) is 22.4. The fourth-order valence-electron chi connectivity index (χ4n) is 15.3. The summed E-state index contributed by atoms with van der Waals surface area (Å²) in [6, 6.07) is 77.4. The average Bonchev–Trinajstić information content (AvgIpc) is 1.51. The molecule has 0 saturated carbocycles. The third-order valence-corrected chi connectivity index (χ3v) is 25.1. The van der Waals surface area contributed by atoms with Gasteiger partial charge >= 0.3 is 0 Å². The predicted molar refractivity (Wildman–Crippen MR) is 398 cm³/mol. The van der Waals surface area contributed by atoms with Crippen LogP contribution in [0.2, 0.25) is 0 Å². The first-order valence-electron chi connectivity index (χ1n) is 31.9. The molecule has 0 aliphatic heterocycles. The molecule has 4 aliphatic rings. The summed E-state index contributed by atoms with van der Waals surface area (Å²) in [5.41, 5.74) is 20.8. The molecule has 0 fully saturated rings. The number of carbonyl (C=O) groups excluding carboxylic acids is 2. The topological polar surface area (TPSA) is 181 Å². The van der Waals surface area contributed by atoms with Gasteiger partial charge in [-0.3, -0.25) is 9.59 Å². The van der Waals surface area contributed by atoms with Crippen molar-refractivity contribution in [1.29, 1.82) is 21.0 Å². The van der Waals surface area contributed by atoms with Gasteiger partial charge in [-0.1, -0.05) is 225 Å². The van der Waals surface area contributed by atoms with E-state index in [1.807, 2.05) is 24.3 Å². The Morgan fingerprint density at radius 3 is 1.20 bits per heavy atom. The lowest BCUT2D eigenvalue weighted by molar-refractivity contribution is 0.103. The van der Waals surface area contributed by atoms with Crippen LogP contribution < -0.4 is 0 Å². The molecule has 0 atom stereocenters. The summed E-state index contributed by atoms with van der Waals surface area (Å²) in [7, 11) is 0. The summed E-state index contributed by atoms with van der Waals surface area (Å²) < 4.78 is 1.12. The van der Waals surface area contributed by atoms with E-state index in [4.69, 9.17) is 19.9 Å². The SMILES string of the molecule is Cc1ccc(C2(c3ccc(C)cc3)c3cc(-c4nc5sc(/C=C6\C(=O)c7ccccc7C6=C(C#N)C#N)nc5s4)ccc3-c3cc4c(cc32)-c2cc3cc(-c5nc6sc(/C=C7\C(=O)c8ccccc8C7=C(C#N)C#N)nc6s5)sc3cc2C4(c2ccc(C)cc2)c2ccc(C)cc2)cc1. The number of thiophene rings is 1. The van der Waals surface area contributed by atoms with Crippen molar-refractivity contribution in [3.05, 3.63) is 315 Å². The maximum absolute atomic E-state index is 13.9. The van der Waals surface area contributed by atoms with E-state index in [1.165, 1.54) is 73.2 Å². The molecule has 15 heteroatoms. The van der Waals surface area contributed by atoms with Crippen molar-refractivity contribution >= 4 is 121 Å². The van der Waals surface area contributed by atoms with Gasteiger partial charge in [0, 0.05) is 43.7 Å². The molecule has 0 N–H and O–H groups in total. The van der Waals surface area contributed by atoms with Crippen LogP contribution in [0, 0.1) is 73.0 Å². The quantitative estimate of drug-likeness (QED) is 0.105. The minimum Gasteiger partial charge on any atom is -0.289 e. The molecule has 10 nitrogen and oxygen atoms in total. The van der Waals surface area contributed by atoms with Gasteiger partial charge in [0.25, 0.3) is 0 Å². The van der Waals surface area contributed by atoms with Gasteiger partial charge in [0.2, 0.25) is 0 Å². The van der Waals surface area contributed by atoms with Crippen molar-refractivity contribution in [3.8, 4) is 67.0 Å². The van der Waals surface area contributed by atoms with Crippen LogP contribution in [0.5, 0.6) is 0 Å². The van der Waals surface area contributed by atoms with Crippen LogP contribution >= 0.6 is 56.7 Å². The average molecular weight is 1360 g/mol. The Hall–Kier alpha value is -11.8. The third kappa shape index (κ3) is 8.83. The number of carbonyl (C=O) groups is 2. The van der Waals surface area contributed by atoms with Gasteiger partial charge in [-0.2, -0.15) is 21.0 Å². The van der Waals surface area contributed by atoms with Crippen molar-refractivity contribution in [2.45, 2.75) is 38.5 Å². The van der Waals surface area contributed by atoms with Crippen molar-refractivity contribution in [1.82, 2.24) is 19.9 Å². The number of hydrogen-bond donors (Lipinski definition) is 0. The van der Waals surface area contributed by atoms with E-state index in [9.17, 15) is 30.6 Å². The Bertz CT molecular complexity index is 6110. The molecule has 0 unspecified atom stereocenters. The largest absolute Gasteiger partial charge is 0.289 e. The number of aromatic nitrogens is 4. The van der Waals surface area contributed by atoms with Crippen LogP contribution in [0.4, 0.5) is 0 Å². The second-order valence-electron chi connectivity index (χ2n) is 25.4. The summed E-state index contributed by atoms with van der Waals surface area (Å²) in [6.07, 6.45) is 3.39. The second-order valence-corrected chi connectivity index (χ2v) is 30.4. The van der Waals surface area contributed by atoms with E-state index >= 15 is 0 Å². The maximum atomic E-state index is 13.9. The zero-order chi connectivity index (χ0) is 67.3. The molecular weight excluding hydrogens is 1310 g/mol. The van der Waals surface area contributed by atoms with Gasteiger partial charge in [-0.15, -0.1) is 11.3 Å². The van der Waals surface area contributed by atoms with Gasteiger partial charge in [0.15, 0.2) is 30.9 Å². The number of benzene rings is 9. The van der Waals surface area contributed by atoms with Gasteiger partial charge in [0.1, 0.15) is 55.5 Å². The molecule has 0 amide bonds. The molecule has 0 saturated heterocycles. The van der Waals surface area contributed by atoms with Crippen LogP contribution in [-0.2, 0) is 10.8 Å². The summed E-state index contributed by atoms with van der Waals surface area (Å²) in [6.45, 7) is 8.56. The lowest BCUT2D eigenvalue weighted by atomic mass is 9.65. The molecule has 4 aliphatic carbocycles. The predicted octanol–water partition coefficient (Wildman–Crippen LogP) is 20.5. The maximum Gasteiger partial charge on any atom is 0.194 e. The van der Waals surface area contributed by atoms with Crippen molar-refractivity contribution in [3.63, 3.8) is 0 Å². The smallest absolute Gasteiger partial charge is 0.194 e. The minimum atomic E-state index is -0.820. The molecule has 464 valence electrons. The zero-order valence-electron chi connectivity index (χ0n) is 53.1. The number of hydrogen-bond acceptors (Lipinski definition) is 15. The number of thiazole rings is 4. The minimum absolute atomic E-state index is 0.120. The third-order valence-electron chi connectivity index (χ3n) is 19.8. The first-order chi connectivity index (χ1) is 48.3. The van der Waals surface area contributed by atoms with Crippen molar-refractivity contribution in [2.75, 3.05) is 0 Å². The fourth-order valence-corrected chi connectivity index (χ4v) is 20.4. The molecule has 14 aromatic rings. The normalized spacial score (nSPS) is 15.0. The Kier molecular flexibility index (Phi) is 13.5. The Balaban J connectivity index is 0.810. The number of nitrogens with zero attached hydrogens (tertiary/aromatic N) is 8. The van der Waals surface area contributed by atoms with Crippen LogP contribution in [0.3, 0.4) is 0 Å². The fraction of sp³-hybridized carbons (Fsp3) is 0.0714. The summed E-state index contributed by atoms with van der Waals surface area (Å²) in [5.74, 6) is -0.505. The van der Waals surface area contributed by atoms with Crippen LogP contribution in [0.25, 0.3) is 95.4 Å².